The number of ketones is 1. The van der Waals surface area contributed by atoms with Crippen LogP contribution in [-0.2, 0) is 28.5 Å². The molecule has 7 atom stereocenters. The number of rotatable bonds is 11. The van der Waals surface area contributed by atoms with E-state index in [9.17, 15) is 19.5 Å². The molecule has 0 spiro atoms. The Morgan fingerprint density at radius 3 is 2.21 bits per heavy atom. The van der Waals surface area contributed by atoms with E-state index in [1.54, 1.807) is 30.3 Å². The van der Waals surface area contributed by atoms with Crippen LogP contribution in [0.2, 0.25) is 0 Å². The molecule has 2 aromatic carbocycles. The van der Waals surface area contributed by atoms with Gasteiger partial charge >= 0.3 is 5.97 Å². The lowest BCUT2D eigenvalue weighted by Gasteiger charge is -2.49. The van der Waals surface area contributed by atoms with Gasteiger partial charge in [-0.3, -0.25) is 9.59 Å². The second-order valence-electron chi connectivity index (χ2n) is 9.77. The van der Waals surface area contributed by atoms with Gasteiger partial charge in [-0.25, -0.2) is 4.79 Å². The van der Waals surface area contributed by atoms with Crippen LogP contribution in [0.1, 0.15) is 43.0 Å². The van der Waals surface area contributed by atoms with Crippen LogP contribution in [0, 0.1) is 0 Å². The van der Waals surface area contributed by atoms with Crippen molar-refractivity contribution in [3.05, 3.63) is 47.5 Å². The standard InChI is InChI=1S/C29H35NO12/c1-14(31)17-7-10-20(22(11-17)37-6)40-29-24(30-16(3)32)26(39-15(2)27(33)34)25-23(41-29)13-38-28(42-25)18-8-9-19(35-4)21(12-18)36-5/h7-12,15,23-26,28-29H,13H2,1-6H3,(H,30,32)(H,33,34). The lowest BCUT2D eigenvalue weighted by atomic mass is 9.95. The van der Waals surface area contributed by atoms with Crippen molar-refractivity contribution in [1.82, 2.24) is 5.32 Å². The topological polar surface area (TPSA) is 157 Å². The number of Topliss-reactive ketones (excluding diaryl/α,β-unsaturated/α-hetero) is 1. The van der Waals surface area contributed by atoms with Gasteiger partial charge in [0, 0.05) is 18.1 Å². The molecule has 2 aliphatic rings. The summed E-state index contributed by atoms with van der Waals surface area (Å²) in [7, 11) is 4.45. The highest BCUT2D eigenvalue weighted by atomic mass is 16.8. The summed E-state index contributed by atoms with van der Waals surface area (Å²) < 4.78 is 46.9. The van der Waals surface area contributed by atoms with Crippen LogP contribution in [0.4, 0.5) is 0 Å². The minimum absolute atomic E-state index is 0.0258. The number of aliphatic carboxylic acids is 1. The highest BCUT2D eigenvalue weighted by Gasteiger charge is 2.53. The molecule has 2 saturated heterocycles. The number of carboxylic acids is 1. The van der Waals surface area contributed by atoms with Gasteiger partial charge in [0.15, 0.2) is 41.2 Å². The summed E-state index contributed by atoms with van der Waals surface area (Å²) in [6, 6.07) is 8.79. The molecule has 2 fully saturated rings. The zero-order chi connectivity index (χ0) is 30.6. The molecule has 42 heavy (non-hydrogen) atoms. The molecule has 13 nitrogen and oxygen atoms in total. The van der Waals surface area contributed by atoms with Crippen molar-refractivity contribution < 1.29 is 57.4 Å². The Hall–Kier alpha value is -3.91. The van der Waals surface area contributed by atoms with E-state index in [1.807, 2.05) is 0 Å². The molecule has 2 aliphatic heterocycles. The van der Waals surface area contributed by atoms with Crippen LogP contribution in [0.25, 0.3) is 0 Å². The van der Waals surface area contributed by atoms with Crippen LogP contribution in [0.5, 0.6) is 23.0 Å². The fourth-order valence-electron chi connectivity index (χ4n) is 4.79. The van der Waals surface area contributed by atoms with E-state index >= 15 is 0 Å². The number of benzene rings is 2. The zero-order valence-electron chi connectivity index (χ0n) is 24.2. The number of carbonyl (C=O) groups is 3. The number of carboxylic acid groups (broad SMARTS) is 1. The van der Waals surface area contributed by atoms with Crippen molar-refractivity contribution in [2.45, 2.75) is 63.8 Å². The zero-order valence-corrected chi connectivity index (χ0v) is 24.2. The van der Waals surface area contributed by atoms with Crippen LogP contribution in [0.3, 0.4) is 0 Å². The van der Waals surface area contributed by atoms with Gasteiger partial charge in [0.05, 0.1) is 27.9 Å². The third kappa shape index (κ3) is 6.76. The Morgan fingerprint density at radius 2 is 1.60 bits per heavy atom. The van der Waals surface area contributed by atoms with Crippen LogP contribution < -0.4 is 24.3 Å². The van der Waals surface area contributed by atoms with E-state index in [-0.39, 0.29) is 23.9 Å². The Morgan fingerprint density at radius 1 is 0.929 bits per heavy atom. The number of nitrogens with one attached hydrogen (secondary N) is 1. The number of fused-ring (bicyclic) bond motifs is 1. The molecule has 1 amide bonds. The largest absolute Gasteiger partial charge is 0.493 e. The summed E-state index contributed by atoms with van der Waals surface area (Å²) in [6.45, 7) is 4.14. The van der Waals surface area contributed by atoms with Crippen LogP contribution in [0.15, 0.2) is 36.4 Å². The van der Waals surface area contributed by atoms with E-state index in [1.165, 1.54) is 48.2 Å². The van der Waals surface area contributed by atoms with Gasteiger partial charge in [-0.15, -0.1) is 0 Å². The van der Waals surface area contributed by atoms with Gasteiger partial charge < -0.3 is 48.3 Å². The van der Waals surface area contributed by atoms with Gasteiger partial charge in [-0.1, -0.05) is 6.07 Å². The first kappa shape index (κ1) is 31.0. The number of methoxy groups -OCH3 is 3. The first-order valence-corrected chi connectivity index (χ1v) is 13.2. The molecular weight excluding hydrogens is 554 g/mol. The molecular formula is C29H35NO12. The fourth-order valence-corrected chi connectivity index (χ4v) is 4.79. The smallest absolute Gasteiger partial charge is 0.332 e. The monoisotopic (exact) mass is 589 g/mol. The predicted octanol–water partition coefficient (Wildman–Crippen LogP) is 2.50. The number of hydrogen-bond acceptors (Lipinski definition) is 11. The van der Waals surface area contributed by atoms with Gasteiger partial charge in [-0.05, 0) is 44.2 Å². The Labute approximate surface area is 242 Å². The normalized spacial score (nSPS) is 25.9. The summed E-state index contributed by atoms with van der Waals surface area (Å²) >= 11 is 0. The molecule has 0 radical (unpaired) electrons. The molecule has 7 unspecified atom stereocenters. The molecule has 0 saturated carbocycles. The molecule has 2 N–H and O–H groups in total. The Kier molecular flexibility index (Phi) is 9.89. The van der Waals surface area contributed by atoms with Crippen molar-refractivity contribution in [3.63, 3.8) is 0 Å². The molecule has 13 heteroatoms. The second kappa shape index (κ2) is 13.4. The molecule has 0 aromatic heterocycles. The molecule has 2 heterocycles. The Bertz CT molecular complexity index is 1300. The van der Waals surface area contributed by atoms with Crippen molar-refractivity contribution in [2.24, 2.45) is 0 Å². The highest BCUT2D eigenvalue weighted by molar-refractivity contribution is 5.94. The van der Waals surface area contributed by atoms with Crippen molar-refractivity contribution in [2.75, 3.05) is 27.9 Å². The number of hydrogen-bond donors (Lipinski definition) is 2. The van der Waals surface area contributed by atoms with Gasteiger partial charge in [0.2, 0.25) is 12.2 Å². The maximum atomic E-state index is 12.3. The summed E-state index contributed by atoms with van der Waals surface area (Å²) in [4.78, 5) is 36.0. The minimum Gasteiger partial charge on any atom is -0.493 e. The number of amides is 1. The first-order valence-electron chi connectivity index (χ1n) is 13.2. The summed E-state index contributed by atoms with van der Waals surface area (Å²) in [6.07, 6.45) is -6.03. The fraction of sp³-hybridized carbons (Fsp3) is 0.483. The third-order valence-electron chi connectivity index (χ3n) is 6.91. The van der Waals surface area contributed by atoms with E-state index in [0.717, 1.165) is 0 Å². The van der Waals surface area contributed by atoms with Crippen molar-refractivity contribution in [1.29, 1.82) is 0 Å². The van der Waals surface area contributed by atoms with Gasteiger partial charge in [0.25, 0.3) is 0 Å². The highest BCUT2D eigenvalue weighted by Crippen LogP contribution is 2.40. The molecule has 0 bridgehead atoms. The first-order chi connectivity index (χ1) is 20.1. The maximum Gasteiger partial charge on any atom is 0.332 e. The second-order valence-corrected chi connectivity index (χ2v) is 9.77. The predicted molar refractivity (Wildman–Crippen MR) is 145 cm³/mol. The molecule has 0 aliphatic carbocycles. The average molecular weight is 590 g/mol. The van der Waals surface area contributed by atoms with Crippen molar-refractivity contribution in [3.8, 4) is 23.0 Å². The summed E-state index contributed by atoms with van der Waals surface area (Å²) in [5, 5.41) is 12.4. The van der Waals surface area contributed by atoms with E-state index in [4.69, 9.17) is 37.9 Å². The quantitative estimate of drug-likeness (QED) is 0.370. The Balaban J connectivity index is 1.68. The van der Waals surface area contributed by atoms with Crippen molar-refractivity contribution >= 4 is 17.7 Å². The summed E-state index contributed by atoms with van der Waals surface area (Å²) in [5.41, 5.74) is 1.02. The van der Waals surface area contributed by atoms with E-state index < -0.39 is 54.9 Å². The molecule has 4 rings (SSSR count). The SMILES string of the molecule is COc1ccc(C2OCC3OC(Oc4ccc(C(C)=O)cc4OC)C(NC(C)=O)C(OC(C)C(=O)O)C3O2)cc1OC. The van der Waals surface area contributed by atoms with Gasteiger partial charge in [0.1, 0.15) is 24.4 Å². The molecule has 228 valence electrons. The van der Waals surface area contributed by atoms with E-state index in [0.29, 0.717) is 22.6 Å². The maximum absolute atomic E-state index is 12.3. The summed E-state index contributed by atoms with van der Waals surface area (Å²) in [5.74, 6) is -0.333. The molecule has 2 aromatic rings. The number of carbonyl (C=O) groups excluding carboxylic acids is 2. The lowest BCUT2D eigenvalue weighted by molar-refractivity contribution is -0.340. The van der Waals surface area contributed by atoms with Crippen LogP contribution >= 0.6 is 0 Å². The number of ether oxygens (including phenoxy) is 8. The van der Waals surface area contributed by atoms with Crippen LogP contribution in [-0.4, -0.2) is 87.5 Å². The third-order valence-corrected chi connectivity index (χ3v) is 6.91. The average Bonchev–Trinajstić information content (AvgIpc) is 2.97. The minimum atomic E-state index is -1.26. The van der Waals surface area contributed by atoms with E-state index in [2.05, 4.69) is 5.32 Å². The lowest BCUT2D eigenvalue weighted by Crippen LogP contribution is -2.68. The van der Waals surface area contributed by atoms with Gasteiger partial charge in [-0.2, -0.15) is 0 Å².